The van der Waals surface area contributed by atoms with Crippen molar-refractivity contribution < 1.29 is 0 Å². The van der Waals surface area contributed by atoms with Crippen LogP contribution in [0.1, 0.15) is 46.5 Å². The zero-order valence-corrected chi connectivity index (χ0v) is 10.8. The first-order chi connectivity index (χ1) is 7.22. The first-order valence-electron chi connectivity index (χ1n) is 6.68. The van der Waals surface area contributed by atoms with Gasteiger partial charge in [-0.05, 0) is 51.7 Å². The monoisotopic (exact) mass is 212 g/mol. The Labute approximate surface area is 95.4 Å². The zero-order valence-electron chi connectivity index (χ0n) is 10.8. The van der Waals surface area contributed by atoms with Crippen molar-refractivity contribution in [3.63, 3.8) is 0 Å². The Kier molecular flexibility index (Phi) is 6.26. The Balaban J connectivity index is 2.04. The van der Waals surface area contributed by atoms with E-state index in [1.165, 1.54) is 51.9 Å². The fourth-order valence-electron chi connectivity index (χ4n) is 2.41. The molecular weight excluding hydrogens is 184 g/mol. The zero-order chi connectivity index (χ0) is 11.1. The summed E-state index contributed by atoms with van der Waals surface area (Å²) < 4.78 is 0. The minimum atomic E-state index is 0.655. The van der Waals surface area contributed by atoms with Crippen LogP contribution >= 0.6 is 0 Å². The summed E-state index contributed by atoms with van der Waals surface area (Å²) in [4.78, 5) is 2.59. The van der Waals surface area contributed by atoms with Crippen LogP contribution in [-0.2, 0) is 0 Å². The van der Waals surface area contributed by atoms with Crippen LogP contribution in [0.2, 0.25) is 0 Å². The van der Waals surface area contributed by atoms with Gasteiger partial charge in [-0.25, -0.2) is 0 Å². The summed E-state index contributed by atoms with van der Waals surface area (Å²) in [6, 6.07) is 0.655. The molecule has 1 rings (SSSR count). The number of rotatable bonds is 7. The van der Waals surface area contributed by atoms with Crippen molar-refractivity contribution in [2.75, 3.05) is 26.2 Å². The van der Waals surface area contributed by atoms with Crippen LogP contribution < -0.4 is 5.32 Å². The number of likely N-dealkylation sites (tertiary alicyclic amines) is 1. The van der Waals surface area contributed by atoms with Gasteiger partial charge in [0.2, 0.25) is 0 Å². The SMILES string of the molecule is CCCC(C)CNC(C)CN1CCCC1. The van der Waals surface area contributed by atoms with E-state index in [0.717, 1.165) is 5.92 Å². The van der Waals surface area contributed by atoms with Gasteiger partial charge in [0.15, 0.2) is 0 Å². The van der Waals surface area contributed by atoms with Gasteiger partial charge in [-0.3, -0.25) is 0 Å². The Morgan fingerprint density at radius 3 is 2.47 bits per heavy atom. The molecule has 0 saturated carbocycles. The van der Waals surface area contributed by atoms with Crippen molar-refractivity contribution in [3.05, 3.63) is 0 Å². The lowest BCUT2D eigenvalue weighted by Crippen LogP contribution is -2.39. The smallest absolute Gasteiger partial charge is 0.0166 e. The van der Waals surface area contributed by atoms with Gasteiger partial charge in [-0.15, -0.1) is 0 Å². The number of nitrogens with zero attached hydrogens (tertiary/aromatic N) is 1. The molecule has 2 unspecified atom stereocenters. The lowest BCUT2D eigenvalue weighted by molar-refractivity contribution is 0.291. The molecule has 0 radical (unpaired) electrons. The van der Waals surface area contributed by atoms with Gasteiger partial charge in [0.25, 0.3) is 0 Å². The van der Waals surface area contributed by atoms with E-state index in [4.69, 9.17) is 0 Å². The molecule has 0 aromatic heterocycles. The van der Waals surface area contributed by atoms with Crippen LogP contribution in [0.5, 0.6) is 0 Å². The Hall–Kier alpha value is -0.0800. The molecule has 0 spiro atoms. The van der Waals surface area contributed by atoms with Crippen LogP contribution in [0.15, 0.2) is 0 Å². The van der Waals surface area contributed by atoms with Gasteiger partial charge < -0.3 is 10.2 Å². The minimum absolute atomic E-state index is 0.655. The normalized spacial score (nSPS) is 21.8. The van der Waals surface area contributed by atoms with Crippen LogP contribution in [0.4, 0.5) is 0 Å². The second kappa shape index (κ2) is 7.24. The third-order valence-electron chi connectivity index (χ3n) is 3.33. The van der Waals surface area contributed by atoms with E-state index < -0.39 is 0 Å². The maximum Gasteiger partial charge on any atom is 0.0166 e. The molecule has 1 fully saturated rings. The first-order valence-corrected chi connectivity index (χ1v) is 6.68. The van der Waals surface area contributed by atoms with E-state index in [1.54, 1.807) is 0 Å². The van der Waals surface area contributed by atoms with Crippen molar-refractivity contribution in [2.24, 2.45) is 5.92 Å². The Morgan fingerprint density at radius 1 is 1.20 bits per heavy atom. The van der Waals surface area contributed by atoms with Crippen LogP contribution in [0, 0.1) is 5.92 Å². The summed E-state index contributed by atoms with van der Waals surface area (Å²) in [5.74, 6) is 0.830. The highest BCUT2D eigenvalue weighted by atomic mass is 15.2. The molecule has 2 atom stereocenters. The molecule has 1 heterocycles. The molecule has 90 valence electrons. The molecule has 0 bridgehead atoms. The van der Waals surface area contributed by atoms with Gasteiger partial charge in [0, 0.05) is 12.6 Å². The Morgan fingerprint density at radius 2 is 1.87 bits per heavy atom. The standard InChI is InChI=1S/C13H28N2/c1-4-7-12(2)10-14-13(3)11-15-8-5-6-9-15/h12-14H,4-11H2,1-3H3. The summed E-state index contributed by atoms with van der Waals surface area (Å²) in [5, 5.41) is 3.65. The van der Waals surface area contributed by atoms with Gasteiger partial charge >= 0.3 is 0 Å². The van der Waals surface area contributed by atoms with Gasteiger partial charge in [0.1, 0.15) is 0 Å². The summed E-state index contributed by atoms with van der Waals surface area (Å²) in [6.45, 7) is 12.0. The molecule has 0 aromatic rings. The molecule has 0 aliphatic carbocycles. The molecule has 1 N–H and O–H groups in total. The van der Waals surface area contributed by atoms with E-state index in [1.807, 2.05) is 0 Å². The molecule has 2 nitrogen and oxygen atoms in total. The molecular formula is C13H28N2. The van der Waals surface area contributed by atoms with E-state index >= 15 is 0 Å². The van der Waals surface area contributed by atoms with Crippen molar-refractivity contribution in [1.29, 1.82) is 0 Å². The van der Waals surface area contributed by atoms with Gasteiger partial charge in [-0.1, -0.05) is 20.3 Å². The van der Waals surface area contributed by atoms with Crippen LogP contribution in [0.25, 0.3) is 0 Å². The van der Waals surface area contributed by atoms with Crippen molar-refractivity contribution in [1.82, 2.24) is 10.2 Å². The maximum atomic E-state index is 3.65. The van der Waals surface area contributed by atoms with E-state index in [2.05, 4.69) is 31.0 Å². The second-order valence-electron chi connectivity index (χ2n) is 5.21. The summed E-state index contributed by atoms with van der Waals surface area (Å²) >= 11 is 0. The maximum absolute atomic E-state index is 3.65. The molecule has 1 aliphatic rings. The first kappa shape index (κ1) is 13.0. The summed E-state index contributed by atoms with van der Waals surface area (Å²) in [6.07, 6.45) is 5.46. The third-order valence-corrected chi connectivity index (χ3v) is 3.33. The van der Waals surface area contributed by atoms with Gasteiger partial charge in [-0.2, -0.15) is 0 Å². The average Bonchev–Trinajstić information content (AvgIpc) is 2.68. The van der Waals surface area contributed by atoms with E-state index in [0.29, 0.717) is 6.04 Å². The second-order valence-corrected chi connectivity index (χ2v) is 5.21. The minimum Gasteiger partial charge on any atom is -0.313 e. The highest BCUT2D eigenvalue weighted by Crippen LogP contribution is 2.08. The number of nitrogens with one attached hydrogen (secondary N) is 1. The highest BCUT2D eigenvalue weighted by molar-refractivity contribution is 4.72. The topological polar surface area (TPSA) is 15.3 Å². The van der Waals surface area contributed by atoms with Gasteiger partial charge in [0.05, 0.1) is 0 Å². The predicted octanol–water partition coefficient (Wildman–Crippen LogP) is 2.50. The molecule has 1 aliphatic heterocycles. The quantitative estimate of drug-likeness (QED) is 0.697. The summed E-state index contributed by atoms with van der Waals surface area (Å²) in [7, 11) is 0. The van der Waals surface area contributed by atoms with Crippen molar-refractivity contribution in [3.8, 4) is 0 Å². The van der Waals surface area contributed by atoms with E-state index in [-0.39, 0.29) is 0 Å². The van der Waals surface area contributed by atoms with Crippen molar-refractivity contribution >= 4 is 0 Å². The highest BCUT2D eigenvalue weighted by Gasteiger charge is 2.14. The van der Waals surface area contributed by atoms with Crippen molar-refractivity contribution in [2.45, 2.75) is 52.5 Å². The lowest BCUT2D eigenvalue weighted by Gasteiger charge is -2.22. The fourth-order valence-corrected chi connectivity index (χ4v) is 2.41. The molecule has 0 aromatic carbocycles. The van der Waals surface area contributed by atoms with Crippen LogP contribution in [0.3, 0.4) is 0 Å². The largest absolute Gasteiger partial charge is 0.313 e. The molecule has 2 heteroatoms. The number of hydrogen-bond donors (Lipinski definition) is 1. The molecule has 0 amide bonds. The predicted molar refractivity (Wildman–Crippen MR) is 67.2 cm³/mol. The fraction of sp³-hybridized carbons (Fsp3) is 1.00. The number of hydrogen-bond acceptors (Lipinski definition) is 2. The van der Waals surface area contributed by atoms with E-state index in [9.17, 15) is 0 Å². The van der Waals surface area contributed by atoms with Crippen LogP contribution in [-0.4, -0.2) is 37.1 Å². The summed E-state index contributed by atoms with van der Waals surface area (Å²) in [5.41, 5.74) is 0. The molecule has 15 heavy (non-hydrogen) atoms. The Bertz CT molecular complexity index is 153. The lowest BCUT2D eigenvalue weighted by atomic mass is 10.1. The third kappa shape index (κ3) is 5.53. The average molecular weight is 212 g/mol. The molecule has 1 saturated heterocycles.